The van der Waals surface area contributed by atoms with E-state index < -0.39 is 11.6 Å². The molecule has 0 atom stereocenters. The molecule has 0 bridgehead atoms. The average molecular weight is 393 g/mol. The van der Waals surface area contributed by atoms with Gasteiger partial charge in [0.2, 0.25) is 11.6 Å². The largest absolute Gasteiger partial charge is 0.491 e. The van der Waals surface area contributed by atoms with Crippen molar-refractivity contribution in [1.29, 1.82) is 0 Å². The summed E-state index contributed by atoms with van der Waals surface area (Å²) in [6.45, 7) is 3.59. The SMILES string of the molecule is CCCCOCCOc1cc2c(c3ccccc13)C(=O)C(Cl)=C(Cl)C2=O. The molecule has 2 aromatic carbocycles. The van der Waals surface area contributed by atoms with Crippen LogP contribution in [0.1, 0.15) is 40.5 Å². The summed E-state index contributed by atoms with van der Waals surface area (Å²) in [5, 5.41) is 0.858. The van der Waals surface area contributed by atoms with E-state index in [-0.39, 0.29) is 21.2 Å². The topological polar surface area (TPSA) is 52.6 Å². The molecule has 0 aromatic heterocycles. The second kappa shape index (κ2) is 8.21. The molecule has 136 valence electrons. The van der Waals surface area contributed by atoms with Crippen LogP contribution >= 0.6 is 23.2 Å². The van der Waals surface area contributed by atoms with Gasteiger partial charge in [-0.25, -0.2) is 0 Å². The van der Waals surface area contributed by atoms with Crippen molar-refractivity contribution >= 4 is 45.5 Å². The summed E-state index contributed by atoms with van der Waals surface area (Å²) in [6.07, 6.45) is 2.08. The maximum Gasteiger partial charge on any atom is 0.207 e. The van der Waals surface area contributed by atoms with Gasteiger partial charge in [0.25, 0.3) is 0 Å². The average Bonchev–Trinajstić information content (AvgIpc) is 2.66. The highest BCUT2D eigenvalue weighted by molar-refractivity contribution is 6.60. The second-order valence-electron chi connectivity index (χ2n) is 5.94. The summed E-state index contributed by atoms with van der Waals surface area (Å²) < 4.78 is 11.3. The number of unbranched alkanes of at least 4 members (excludes halogenated alkanes) is 1. The monoisotopic (exact) mass is 392 g/mol. The lowest BCUT2D eigenvalue weighted by Crippen LogP contribution is -2.19. The Balaban J connectivity index is 1.95. The lowest BCUT2D eigenvalue weighted by Gasteiger charge is -2.19. The van der Waals surface area contributed by atoms with Gasteiger partial charge in [-0.3, -0.25) is 9.59 Å². The summed E-state index contributed by atoms with van der Waals surface area (Å²) in [7, 11) is 0. The minimum atomic E-state index is -0.471. The lowest BCUT2D eigenvalue weighted by molar-refractivity contribution is 0.0974. The molecule has 0 radical (unpaired) electrons. The zero-order valence-corrected chi connectivity index (χ0v) is 15.8. The van der Waals surface area contributed by atoms with Crippen molar-refractivity contribution in [2.45, 2.75) is 19.8 Å². The zero-order chi connectivity index (χ0) is 18.7. The molecule has 4 nitrogen and oxygen atoms in total. The standard InChI is InChI=1S/C20H18Cl2O4/c1-2-3-8-25-9-10-26-15-11-14-16(13-7-5-4-6-12(13)15)20(24)18(22)17(21)19(14)23/h4-7,11H,2-3,8-10H2,1H3. The van der Waals surface area contributed by atoms with Gasteiger partial charge in [-0.1, -0.05) is 60.8 Å². The number of allylic oxidation sites excluding steroid dienone is 2. The molecule has 0 saturated heterocycles. The number of ether oxygens (including phenoxy) is 2. The minimum Gasteiger partial charge on any atom is -0.491 e. The first-order chi connectivity index (χ1) is 12.6. The van der Waals surface area contributed by atoms with E-state index in [1.807, 2.05) is 12.1 Å². The normalized spacial score (nSPS) is 14.1. The molecule has 0 saturated carbocycles. The van der Waals surface area contributed by atoms with Gasteiger partial charge in [0, 0.05) is 23.1 Å². The van der Waals surface area contributed by atoms with Crippen LogP contribution in [0.3, 0.4) is 0 Å². The smallest absolute Gasteiger partial charge is 0.207 e. The van der Waals surface area contributed by atoms with Gasteiger partial charge in [-0.15, -0.1) is 0 Å². The molecule has 26 heavy (non-hydrogen) atoms. The molecule has 2 aromatic rings. The number of ketones is 2. The molecule has 0 fully saturated rings. The third kappa shape index (κ3) is 3.50. The Hall–Kier alpha value is -1.88. The van der Waals surface area contributed by atoms with Crippen LogP contribution in [0, 0.1) is 0 Å². The summed E-state index contributed by atoms with van der Waals surface area (Å²) in [4.78, 5) is 25.1. The Bertz CT molecular complexity index is 902. The van der Waals surface area contributed by atoms with Gasteiger partial charge in [-0.05, 0) is 17.9 Å². The van der Waals surface area contributed by atoms with E-state index in [0.717, 1.165) is 18.2 Å². The third-order valence-electron chi connectivity index (χ3n) is 4.20. The van der Waals surface area contributed by atoms with Crippen LogP contribution in [0.25, 0.3) is 10.8 Å². The van der Waals surface area contributed by atoms with Crippen molar-refractivity contribution in [3.8, 4) is 5.75 Å². The number of carbonyl (C=O) groups excluding carboxylic acids is 2. The number of Topliss-reactive ketones (excluding diaryl/α,β-unsaturated/α-hetero) is 2. The molecule has 6 heteroatoms. The highest BCUT2D eigenvalue weighted by atomic mass is 35.5. The van der Waals surface area contributed by atoms with Crippen LogP contribution in [0.15, 0.2) is 40.4 Å². The Morgan fingerprint density at radius 1 is 0.923 bits per heavy atom. The van der Waals surface area contributed by atoms with E-state index in [1.165, 1.54) is 0 Å². The first-order valence-corrected chi connectivity index (χ1v) is 9.22. The van der Waals surface area contributed by atoms with E-state index in [2.05, 4.69) is 6.92 Å². The van der Waals surface area contributed by atoms with E-state index >= 15 is 0 Å². The molecule has 0 amide bonds. The van der Waals surface area contributed by atoms with Crippen molar-refractivity contribution in [3.05, 3.63) is 51.5 Å². The van der Waals surface area contributed by atoms with Crippen LogP contribution in [0.5, 0.6) is 5.75 Å². The molecule has 0 aliphatic heterocycles. The lowest BCUT2D eigenvalue weighted by atomic mass is 9.89. The van der Waals surface area contributed by atoms with Crippen molar-refractivity contribution in [3.63, 3.8) is 0 Å². The van der Waals surface area contributed by atoms with Crippen molar-refractivity contribution in [2.75, 3.05) is 19.8 Å². The molecule has 0 unspecified atom stereocenters. The fourth-order valence-corrected chi connectivity index (χ4v) is 3.24. The number of hydrogen-bond acceptors (Lipinski definition) is 4. The maximum absolute atomic E-state index is 12.6. The van der Waals surface area contributed by atoms with Gasteiger partial charge in [-0.2, -0.15) is 0 Å². The van der Waals surface area contributed by atoms with Gasteiger partial charge in [0.15, 0.2) is 0 Å². The number of rotatable bonds is 7. The van der Waals surface area contributed by atoms with Crippen molar-refractivity contribution < 1.29 is 19.1 Å². The van der Waals surface area contributed by atoms with Crippen LogP contribution in [0.2, 0.25) is 0 Å². The molecular weight excluding hydrogens is 375 g/mol. The van der Waals surface area contributed by atoms with Crippen LogP contribution in [-0.4, -0.2) is 31.4 Å². The highest BCUT2D eigenvalue weighted by Gasteiger charge is 2.33. The minimum absolute atomic E-state index is 0.213. The number of hydrogen-bond donors (Lipinski definition) is 0. The number of carbonyl (C=O) groups is 2. The van der Waals surface area contributed by atoms with E-state index in [9.17, 15) is 9.59 Å². The third-order valence-corrected chi connectivity index (χ3v) is 5.02. The fraction of sp³-hybridized carbons (Fsp3) is 0.300. The zero-order valence-electron chi connectivity index (χ0n) is 14.3. The summed E-state index contributed by atoms with van der Waals surface area (Å²) in [5.41, 5.74) is 0.483. The molecule has 1 aliphatic carbocycles. The number of fused-ring (bicyclic) bond motifs is 3. The molecule has 0 heterocycles. The van der Waals surface area contributed by atoms with Crippen LogP contribution in [0.4, 0.5) is 0 Å². The Kier molecular flexibility index (Phi) is 5.97. The number of benzene rings is 2. The van der Waals surface area contributed by atoms with Gasteiger partial charge in [0.1, 0.15) is 22.4 Å². The Morgan fingerprint density at radius 3 is 2.35 bits per heavy atom. The quantitative estimate of drug-likeness (QED) is 0.614. The molecule has 0 spiro atoms. The molecule has 0 N–H and O–H groups in total. The summed E-state index contributed by atoms with van der Waals surface area (Å²) >= 11 is 11.9. The summed E-state index contributed by atoms with van der Waals surface area (Å²) in [6, 6.07) is 8.82. The Morgan fingerprint density at radius 2 is 1.62 bits per heavy atom. The van der Waals surface area contributed by atoms with E-state index in [4.69, 9.17) is 32.7 Å². The highest BCUT2D eigenvalue weighted by Crippen LogP contribution is 2.39. The Labute approximate surface area is 161 Å². The fourth-order valence-electron chi connectivity index (χ4n) is 2.87. The van der Waals surface area contributed by atoms with Crippen LogP contribution in [-0.2, 0) is 4.74 Å². The van der Waals surface area contributed by atoms with E-state index in [0.29, 0.717) is 31.0 Å². The van der Waals surface area contributed by atoms with Crippen LogP contribution < -0.4 is 4.74 Å². The van der Waals surface area contributed by atoms with Crippen molar-refractivity contribution in [2.24, 2.45) is 0 Å². The predicted octanol–water partition coefficient (Wildman–Crippen LogP) is 5.10. The van der Waals surface area contributed by atoms with Gasteiger partial charge < -0.3 is 9.47 Å². The molecule has 3 rings (SSSR count). The molecular formula is C20H18Cl2O4. The molecule has 1 aliphatic rings. The first-order valence-electron chi connectivity index (χ1n) is 8.47. The van der Waals surface area contributed by atoms with Gasteiger partial charge >= 0.3 is 0 Å². The van der Waals surface area contributed by atoms with E-state index in [1.54, 1.807) is 18.2 Å². The maximum atomic E-state index is 12.6. The van der Waals surface area contributed by atoms with Gasteiger partial charge in [0.05, 0.1) is 6.61 Å². The first kappa shape index (κ1) is 18.9. The predicted molar refractivity (Wildman–Crippen MR) is 103 cm³/mol. The van der Waals surface area contributed by atoms with Crippen molar-refractivity contribution in [1.82, 2.24) is 0 Å². The summed E-state index contributed by atoms with van der Waals surface area (Å²) in [5.74, 6) is -0.403. The second-order valence-corrected chi connectivity index (χ2v) is 6.70. The number of halogens is 2.